The summed E-state index contributed by atoms with van der Waals surface area (Å²) >= 11 is 0. The van der Waals surface area contributed by atoms with Crippen molar-refractivity contribution in [2.24, 2.45) is 5.10 Å². The van der Waals surface area contributed by atoms with Crippen LogP contribution in [0.2, 0.25) is 0 Å². The fourth-order valence-electron chi connectivity index (χ4n) is 2.90. The third-order valence-corrected chi connectivity index (χ3v) is 4.04. The maximum atomic E-state index is 5.35. The van der Waals surface area contributed by atoms with E-state index in [1.807, 2.05) is 30.5 Å². The summed E-state index contributed by atoms with van der Waals surface area (Å²) in [5.74, 6) is 0.875. The minimum Gasteiger partial charge on any atom is -0.496 e. The number of fused-ring (bicyclic) bond motifs is 1. The molecule has 0 unspecified atom stereocenters. The number of hydrazone groups is 1. The minimum absolute atomic E-state index is 0.633. The molecule has 24 heavy (non-hydrogen) atoms. The molecule has 0 aliphatic heterocycles. The second-order valence-electron chi connectivity index (χ2n) is 5.70. The van der Waals surface area contributed by atoms with Gasteiger partial charge in [-0.15, -0.1) is 0 Å². The number of ether oxygens (including phenoxy) is 1. The van der Waals surface area contributed by atoms with E-state index >= 15 is 0 Å². The van der Waals surface area contributed by atoms with Crippen LogP contribution in [0.15, 0.2) is 59.8 Å². The molecular formula is C20H23N3O. The Bertz CT molecular complexity index is 836. The molecule has 0 fully saturated rings. The molecule has 0 saturated heterocycles. The molecule has 4 heteroatoms. The molecule has 0 bridgehead atoms. The first-order chi connectivity index (χ1) is 11.8. The van der Waals surface area contributed by atoms with Gasteiger partial charge in [0, 0.05) is 34.8 Å². The zero-order valence-corrected chi connectivity index (χ0v) is 14.2. The predicted octanol–water partition coefficient (Wildman–Crippen LogP) is 4.18. The lowest BCUT2D eigenvalue weighted by molar-refractivity contribution is 0.408. The second-order valence-corrected chi connectivity index (χ2v) is 5.70. The summed E-state index contributed by atoms with van der Waals surface area (Å²) < 4.78 is 7.64. The molecule has 2 aromatic carbocycles. The number of nitrogens with one attached hydrogen (secondary N) is 1. The van der Waals surface area contributed by atoms with Crippen molar-refractivity contribution in [2.75, 3.05) is 7.11 Å². The lowest BCUT2D eigenvalue weighted by Crippen LogP contribution is -2.06. The van der Waals surface area contributed by atoms with E-state index in [2.05, 4.69) is 52.5 Å². The molecule has 0 saturated carbocycles. The van der Waals surface area contributed by atoms with E-state index in [4.69, 9.17) is 4.74 Å². The van der Waals surface area contributed by atoms with Crippen molar-refractivity contribution in [2.45, 2.75) is 26.4 Å². The lowest BCUT2D eigenvalue weighted by atomic mass is 10.2. The Balaban J connectivity index is 1.74. The number of aromatic nitrogens is 1. The van der Waals surface area contributed by atoms with Gasteiger partial charge in [-0.1, -0.05) is 43.3 Å². The molecule has 0 aliphatic rings. The first-order valence-electron chi connectivity index (χ1n) is 8.29. The molecular weight excluding hydrogens is 298 g/mol. The van der Waals surface area contributed by atoms with E-state index in [0.29, 0.717) is 6.54 Å². The summed E-state index contributed by atoms with van der Waals surface area (Å²) in [7, 11) is 1.69. The van der Waals surface area contributed by atoms with Gasteiger partial charge in [0.1, 0.15) is 5.75 Å². The van der Waals surface area contributed by atoms with Gasteiger partial charge in [-0.25, -0.2) is 0 Å². The van der Waals surface area contributed by atoms with Crippen molar-refractivity contribution in [1.82, 2.24) is 9.99 Å². The van der Waals surface area contributed by atoms with Crippen LogP contribution < -0.4 is 10.2 Å². The molecule has 0 spiro atoms. The monoisotopic (exact) mass is 321 g/mol. The summed E-state index contributed by atoms with van der Waals surface area (Å²) in [4.78, 5) is 0. The smallest absolute Gasteiger partial charge is 0.123 e. The van der Waals surface area contributed by atoms with Crippen LogP contribution in [0.4, 0.5) is 0 Å². The molecule has 3 rings (SSSR count). The highest BCUT2D eigenvalue weighted by Crippen LogP contribution is 2.20. The van der Waals surface area contributed by atoms with Gasteiger partial charge in [-0.3, -0.25) is 0 Å². The van der Waals surface area contributed by atoms with Gasteiger partial charge in [0.15, 0.2) is 0 Å². The summed E-state index contributed by atoms with van der Waals surface area (Å²) in [6.45, 7) is 3.84. The van der Waals surface area contributed by atoms with Gasteiger partial charge in [-0.2, -0.15) is 5.10 Å². The Kier molecular flexibility index (Phi) is 5.16. The van der Waals surface area contributed by atoms with Crippen LogP contribution in [0.1, 0.15) is 24.5 Å². The molecule has 1 N–H and O–H groups in total. The average Bonchev–Trinajstić information content (AvgIpc) is 2.97. The fourth-order valence-corrected chi connectivity index (χ4v) is 2.90. The SMILES string of the molecule is CCCn1cc(/C=N\NCc2ccccc2OC)c2ccccc21. The Hall–Kier alpha value is -2.75. The molecule has 0 atom stereocenters. The highest BCUT2D eigenvalue weighted by Gasteiger charge is 2.05. The van der Waals surface area contributed by atoms with Crippen molar-refractivity contribution in [3.8, 4) is 5.75 Å². The van der Waals surface area contributed by atoms with Gasteiger partial charge >= 0.3 is 0 Å². The summed E-state index contributed by atoms with van der Waals surface area (Å²) in [5.41, 5.74) is 6.59. The van der Waals surface area contributed by atoms with Crippen LogP contribution in [0.25, 0.3) is 10.9 Å². The zero-order valence-electron chi connectivity index (χ0n) is 14.2. The van der Waals surface area contributed by atoms with Crippen molar-refractivity contribution < 1.29 is 4.74 Å². The van der Waals surface area contributed by atoms with Gasteiger partial charge in [0.25, 0.3) is 0 Å². The highest BCUT2D eigenvalue weighted by atomic mass is 16.5. The van der Waals surface area contributed by atoms with Gasteiger partial charge in [0.2, 0.25) is 0 Å². The third kappa shape index (κ3) is 3.43. The Morgan fingerprint density at radius 3 is 2.75 bits per heavy atom. The van der Waals surface area contributed by atoms with Gasteiger partial charge < -0.3 is 14.7 Å². The molecule has 0 amide bonds. The summed E-state index contributed by atoms with van der Waals surface area (Å²) in [6.07, 6.45) is 5.17. The molecule has 3 aromatic rings. The van der Waals surface area contributed by atoms with Crippen molar-refractivity contribution in [3.05, 3.63) is 65.9 Å². The fraction of sp³-hybridized carbons (Fsp3) is 0.250. The van der Waals surface area contributed by atoms with E-state index in [9.17, 15) is 0 Å². The maximum absolute atomic E-state index is 5.35. The number of para-hydroxylation sites is 2. The van der Waals surface area contributed by atoms with Crippen LogP contribution in [-0.4, -0.2) is 17.9 Å². The van der Waals surface area contributed by atoms with Gasteiger partial charge in [-0.05, 0) is 18.6 Å². The molecule has 1 heterocycles. The minimum atomic E-state index is 0.633. The zero-order chi connectivity index (χ0) is 16.8. The van der Waals surface area contributed by atoms with Crippen molar-refractivity contribution in [1.29, 1.82) is 0 Å². The molecule has 1 aromatic heterocycles. The lowest BCUT2D eigenvalue weighted by Gasteiger charge is -2.07. The second kappa shape index (κ2) is 7.68. The van der Waals surface area contributed by atoms with Crippen LogP contribution in [0, 0.1) is 0 Å². The van der Waals surface area contributed by atoms with E-state index < -0.39 is 0 Å². The van der Waals surface area contributed by atoms with Crippen LogP contribution >= 0.6 is 0 Å². The van der Waals surface area contributed by atoms with Crippen LogP contribution in [-0.2, 0) is 13.1 Å². The van der Waals surface area contributed by atoms with Crippen molar-refractivity contribution in [3.63, 3.8) is 0 Å². The highest BCUT2D eigenvalue weighted by molar-refractivity contribution is 5.99. The third-order valence-electron chi connectivity index (χ3n) is 4.04. The van der Waals surface area contributed by atoms with E-state index in [1.54, 1.807) is 7.11 Å². The van der Waals surface area contributed by atoms with E-state index in [-0.39, 0.29) is 0 Å². The number of benzene rings is 2. The number of hydrogen-bond donors (Lipinski definition) is 1. The van der Waals surface area contributed by atoms with E-state index in [1.165, 1.54) is 10.9 Å². The number of hydrogen-bond acceptors (Lipinski definition) is 3. The topological polar surface area (TPSA) is 38.5 Å². The molecule has 124 valence electrons. The predicted molar refractivity (Wildman–Crippen MR) is 99.7 cm³/mol. The molecule has 0 aliphatic carbocycles. The quantitative estimate of drug-likeness (QED) is 0.523. The Morgan fingerprint density at radius 1 is 1.12 bits per heavy atom. The summed E-state index contributed by atoms with van der Waals surface area (Å²) in [6, 6.07) is 16.4. The molecule has 4 nitrogen and oxygen atoms in total. The van der Waals surface area contributed by atoms with Crippen molar-refractivity contribution >= 4 is 17.1 Å². The number of aryl methyl sites for hydroxylation is 1. The number of rotatable bonds is 7. The van der Waals surface area contributed by atoms with Crippen LogP contribution in [0.5, 0.6) is 5.75 Å². The Morgan fingerprint density at radius 2 is 1.92 bits per heavy atom. The summed E-state index contributed by atoms with van der Waals surface area (Å²) in [5, 5.41) is 5.62. The standard InChI is InChI=1S/C20H23N3O/c1-3-12-23-15-17(18-9-5-6-10-19(18)23)14-22-21-13-16-8-4-7-11-20(16)24-2/h4-11,14-15,21H,3,12-13H2,1-2H3/b22-14-. The first-order valence-corrected chi connectivity index (χ1v) is 8.29. The van der Waals surface area contributed by atoms with Gasteiger partial charge in [0.05, 0.1) is 19.9 Å². The first kappa shape index (κ1) is 16.1. The number of methoxy groups -OCH3 is 1. The van der Waals surface area contributed by atoms with Crippen LogP contribution in [0.3, 0.4) is 0 Å². The number of nitrogens with zero attached hydrogens (tertiary/aromatic N) is 2. The largest absolute Gasteiger partial charge is 0.496 e. The normalized spacial score (nSPS) is 11.2. The Labute approximate surface area is 142 Å². The average molecular weight is 321 g/mol. The maximum Gasteiger partial charge on any atom is 0.123 e. The van der Waals surface area contributed by atoms with E-state index in [0.717, 1.165) is 29.8 Å². The molecule has 0 radical (unpaired) electrons.